The Morgan fingerprint density at radius 3 is 3.00 bits per heavy atom. The number of thiophene rings is 1. The summed E-state index contributed by atoms with van der Waals surface area (Å²) in [6.07, 6.45) is 1.60. The van der Waals surface area contributed by atoms with Crippen LogP contribution in [0.25, 0.3) is 0 Å². The molecule has 1 aromatic heterocycles. The van der Waals surface area contributed by atoms with Crippen LogP contribution in [0.15, 0.2) is 12.1 Å². The lowest BCUT2D eigenvalue weighted by Gasteiger charge is -1.84. The van der Waals surface area contributed by atoms with Crippen LogP contribution < -0.4 is 0 Å². The van der Waals surface area contributed by atoms with Gasteiger partial charge in [0.1, 0.15) is 6.10 Å². The highest BCUT2D eigenvalue weighted by atomic mass is 32.1. The monoisotopic (exact) mass is 154 g/mol. The Hall–Kier alpha value is -0.340. The van der Waals surface area contributed by atoms with E-state index < -0.39 is 0 Å². The number of hydrogen-bond donors (Lipinski definition) is 0. The van der Waals surface area contributed by atoms with Crippen LogP contribution >= 0.6 is 11.3 Å². The SMILES string of the molecule is CCc1ccc(C2CO2)s1. The van der Waals surface area contributed by atoms with E-state index in [9.17, 15) is 0 Å². The lowest BCUT2D eigenvalue weighted by atomic mass is 10.3. The molecule has 1 aromatic rings. The second-order valence-corrected chi connectivity index (χ2v) is 3.68. The highest BCUT2D eigenvalue weighted by molar-refractivity contribution is 7.12. The largest absolute Gasteiger partial charge is 0.367 e. The fraction of sp³-hybridized carbons (Fsp3) is 0.500. The van der Waals surface area contributed by atoms with Gasteiger partial charge in [-0.2, -0.15) is 0 Å². The van der Waals surface area contributed by atoms with E-state index >= 15 is 0 Å². The molecule has 1 aliphatic heterocycles. The van der Waals surface area contributed by atoms with Crippen molar-refractivity contribution in [2.45, 2.75) is 19.4 Å². The Balaban J connectivity index is 2.19. The number of rotatable bonds is 2. The first kappa shape index (κ1) is 6.38. The zero-order valence-electron chi connectivity index (χ0n) is 5.96. The fourth-order valence-corrected chi connectivity index (χ4v) is 1.96. The summed E-state index contributed by atoms with van der Waals surface area (Å²) in [6, 6.07) is 4.38. The molecular formula is C8H10OS. The van der Waals surface area contributed by atoms with E-state index in [-0.39, 0.29) is 0 Å². The highest BCUT2D eigenvalue weighted by Gasteiger charge is 2.25. The smallest absolute Gasteiger partial charge is 0.115 e. The minimum atomic E-state index is 0.449. The molecule has 0 bridgehead atoms. The van der Waals surface area contributed by atoms with E-state index in [1.54, 1.807) is 0 Å². The summed E-state index contributed by atoms with van der Waals surface area (Å²) < 4.78 is 5.16. The molecule has 0 saturated carbocycles. The summed E-state index contributed by atoms with van der Waals surface area (Å²) in [6.45, 7) is 3.12. The van der Waals surface area contributed by atoms with Crippen LogP contribution in [0.3, 0.4) is 0 Å². The Kier molecular flexibility index (Phi) is 1.51. The fourth-order valence-electron chi connectivity index (χ4n) is 0.970. The number of ether oxygens (including phenoxy) is 1. The maximum atomic E-state index is 5.16. The molecule has 0 radical (unpaired) electrons. The summed E-state index contributed by atoms with van der Waals surface area (Å²) >= 11 is 1.88. The molecule has 0 aromatic carbocycles. The first-order chi connectivity index (χ1) is 4.90. The second-order valence-electron chi connectivity index (χ2n) is 2.48. The molecule has 1 saturated heterocycles. The summed E-state index contributed by atoms with van der Waals surface area (Å²) in [4.78, 5) is 2.86. The van der Waals surface area contributed by atoms with Gasteiger partial charge < -0.3 is 4.74 Å². The van der Waals surface area contributed by atoms with Crippen LogP contribution in [0.4, 0.5) is 0 Å². The number of hydrogen-bond acceptors (Lipinski definition) is 2. The first-order valence-electron chi connectivity index (χ1n) is 3.60. The average molecular weight is 154 g/mol. The third kappa shape index (κ3) is 1.09. The van der Waals surface area contributed by atoms with Crippen LogP contribution in [-0.2, 0) is 11.2 Å². The first-order valence-corrected chi connectivity index (χ1v) is 4.42. The van der Waals surface area contributed by atoms with E-state index in [0.717, 1.165) is 13.0 Å². The van der Waals surface area contributed by atoms with E-state index in [1.165, 1.54) is 9.75 Å². The van der Waals surface area contributed by atoms with Crippen LogP contribution in [0.2, 0.25) is 0 Å². The molecule has 1 aliphatic rings. The van der Waals surface area contributed by atoms with Crippen LogP contribution in [0, 0.1) is 0 Å². The molecule has 0 amide bonds. The maximum Gasteiger partial charge on any atom is 0.115 e. The molecule has 0 spiro atoms. The van der Waals surface area contributed by atoms with Crippen molar-refractivity contribution in [2.75, 3.05) is 6.61 Å². The van der Waals surface area contributed by atoms with E-state index in [4.69, 9.17) is 4.74 Å². The standard InChI is InChI=1S/C8H10OS/c1-2-6-3-4-8(10-6)7-5-9-7/h3-4,7H,2,5H2,1H3. The van der Waals surface area contributed by atoms with Crippen molar-refractivity contribution in [3.05, 3.63) is 21.9 Å². The van der Waals surface area contributed by atoms with Crippen LogP contribution in [0.1, 0.15) is 22.8 Å². The zero-order valence-corrected chi connectivity index (χ0v) is 6.78. The van der Waals surface area contributed by atoms with Gasteiger partial charge in [-0.1, -0.05) is 6.92 Å². The van der Waals surface area contributed by atoms with E-state index in [1.807, 2.05) is 11.3 Å². The third-order valence-corrected chi connectivity index (χ3v) is 3.00. The second kappa shape index (κ2) is 2.36. The van der Waals surface area contributed by atoms with Gasteiger partial charge in [0.25, 0.3) is 0 Å². The predicted molar refractivity (Wildman–Crippen MR) is 42.4 cm³/mol. The minimum absolute atomic E-state index is 0.449. The van der Waals surface area contributed by atoms with Crippen molar-refractivity contribution >= 4 is 11.3 Å². The van der Waals surface area contributed by atoms with Crippen molar-refractivity contribution in [3.8, 4) is 0 Å². The Morgan fingerprint density at radius 1 is 1.70 bits per heavy atom. The van der Waals surface area contributed by atoms with Crippen molar-refractivity contribution in [3.63, 3.8) is 0 Å². The van der Waals surface area contributed by atoms with Crippen molar-refractivity contribution in [1.29, 1.82) is 0 Å². The van der Waals surface area contributed by atoms with Gasteiger partial charge >= 0.3 is 0 Å². The predicted octanol–water partition coefficient (Wildman–Crippen LogP) is 2.38. The molecule has 10 heavy (non-hydrogen) atoms. The lowest BCUT2D eigenvalue weighted by Crippen LogP contribution is -1.67. The normalized spacial score (nSPS) is 23.1. The molecule has 54 valence electrons. The summed E-state index contributed by atoms with van der Waals surface area (Å²) in [7, 11) is 0. The lowest BCUT2D eigenvalue weighted by molar-refractivity contribution is 0.418. The summed E-state index contributed by atoms with van der Waals surface area (Å²) in [5.41, 5.74) is 0. The molecule has 1 nitrogen and oxygen atoms in total. The van der Waals surface area contributed by atoms with E-state index in [2.05, 4.69) is 19.1 Å². The van der Waals surface area contributed by atoms with Crippen LogP contribution in [0.5, 0.6) is 0 Å². The van der Waals surface area contributed by atoms with Gasteiger partial charge in [-0.3, -0.25) is 0 Å². The molecule has 0 N–H and O–H groups in total. The van der Waals surface area contributed by atoms with Crippen molar-refractivity contribution in [1.82, 2.24) is 0 Å². The quantitative estimate of drug-likeness (QED) is 0.596. The van der Waals surface area contributed by atoms with E-state index in [0.29, 0.717) is 6.10 Å². The van der Waals surface area contributed by atoms with Gasteiger partial charge in [0.05, 0.1) is 6.61 Å². The average Bonchev–Trinajstić information content (AvgIpc) is 2.70. The summed E-state index contributed by atoms with van der Waals surface area (Å²) in [5, 5.41) is 0. The molecule has 2 heterocycles. The topological polar surface area (TPSA) is 12.5 Å². The minimum Gasteiger partial charge on any atom is -0.367 e. The molecule has 1 unspecified atom stereocenters. The molecule has 0 aliphatic carbocycles. The molecular weight excluding hydrogens is 144 g/mol. The van der Waals surface area contributed by atoms with Crippen molar-refractivity contribution in [2.24, 2.45) is 0 Å². The summed E-state index contributed by atoms with van der Waals surface area (Å²) in [5.74, 6) is 0. The van der Waals surface area contributed by atoms with Gasteiger partial charge in [0.15, 0.2) is 0 Å². The molecule has 2 heteroatoms. The number of epoxide rings is 1. The van der Waals surface area contributed by atoms with Gasteiger partial charge in [-0.25, -0.2) is 0 Å². The maximum absolute atomic E-state index is 5.16. The Labute approximate surface area is 64.6 Å². The molecule has 1 atom stereocenters. The van der Waals surface area contributed by atoms with Gasteiger partial charge in [-0.05, 0) is 18.6 Å². The molecule has 2 rings (SSSR count). The van der Waals surface area contributed by atoms with Gasteiger partial charge in [-0.15, -0.1) is 11.3 Å². The Morgan fingerprint density at radius 2 is 2.50 bits per heavy atom. The van der Waals surface area contributed by atoms with Gasteiger partial charge in [0, 0.05) is 9.75 Å². The van der Waals surface area contributed by atoms with Gasteiger partial charge in [0.2, 0.25) is 0 Å². The van der Waals surface area contributed by atoms with Crippen LogP contribution in [-0.4, -0.2) is 6.61 Å². The number of aryl methyl sites for hydroxylation is 1. The molecule has 1 fully saturated rings. The zero-order chi connectivity index (χ0) is 6.97. The highest BCUT2D eigenvalue weighted by Crippen LogP contribution is 2.34. The third-order valence-electron chi connectivity index (χ3n) is 1.68. The van der Waals surface area contributed by atoms with Crippen molar-refractivity contribution < 1.29 is 4.74 Å². The Bertz CT molecular complexity index is 225.